The van der Waals surface area contributed by atoms with Crippen LogP contribution in [0.5, 0.6) is 0 Å². The largest absolute Gasteiger partial charge is 0.334 e. The first-order chi connectivity index (χ1) is 12.6. The molecular weight excluding hydrogens is 326 g/mol. The number of amides is 1. The van der Waals surface area contributed by atoms with Gasteiger partial charge in [-0.1, -0.05) is 18.2 Å². The van der Waals surface area contributed by atoms with Crippen molar-refractivity contribution in [2.75, 3.05) is 6.54 Å². The number of benzene rings is 1. The van der Waals surface area contributed by atoms with Crippen LogP contribution in [0.25, 0.3) is 5.69 Å². The lowest BCUT2D eigenvalue weighted by molar-refractivity contribution is 0.0720. The highest BCUT2D eigenvalue weighted by Gasteiger charge is 2.32. The van der Waals surface area contributed by atoms with Crippen molar-refractivity contribution in [3.05, 3.63) is 65.7 Å². The number of rotatable bonds is 4. The minimum atomic E-state index is 0.0804. The Morgan fingerprint density at radius 2 is 2.00 bits per heavy atom. The van der Waals surface area contributed by atoms with Crippen LogP contribution >= 0.6 is 0 Å². The van der Waals surface area contributed by atoms with E-state index < -0.39 is 0 Å². The molecule has 6 nitrogen and oxygen atoms in total. The van der Waals surface area contributed by atoms with Gasteiger partial charge in [0.1, 0.15) is 0 Å². The molecule has 1 aromatic carbocycles. The second-order valence-corrected chi connectivity index (χ2v) is 6.82. The molecule has 26 heavy (non-hydrogen) atoms. The molecule has 0 unspecified atom stereocenters. The van der Waals surface area contributed by atoms with E-state index in [2.05, 4.69) is 10.2 Å². The second-order valence-electron chi connectivity index (χ2n) is 6.82. The molecule has 1 amide bonds. The predicted octanol–water partition coefficient (Wildman–Crippen LogP) is 2.99. The molecule has 4 rings (SSSR count). The number of hydrogen-bond acceptors (Lipinski definition) is 3. The molecule has 0 radical (unpaired) electrons. The Balaban J connectivity index is 1.63. The predicted molar refractivity (Wildman–Crippen MR) is 99.3 cm³/mol. The van der Waals surface area contributed by atoms with E-state index in [4.69, 9.17) is 0 Å². The van der Waals surface area contributed by atoms with Gasteiger partial charge in [-0.2, -0.15) is 10.2 Å². The molecule has 6 heteroatoms. The summed E-state index contributed by atoms with van der Waals surface area (Å²) >= 11 is 0. The van der Waals surface area contributed by atoms with Gasteiger partial charge in [-0.25, -0.2) is 4.68 Å². The van der Waals surface area contributed by atoms with Crippen molar-refractivity contribution >= 4 is 5.91 Å². The van der Waals surface area contributed by atoms with E-state index in [0.717, 1.165) is 48.6 Å². The van der Waals surface area contributed by atoms with Crippen molar-refractivity contribution in [2.45, 2.75) is 39.3 Å². The number of para-hydroxylation sites is 1. The maximum Gasteiger partial charge on any atom is 0.257 e. The molecule has 134 valence electrons. The minimum Gasteiger partial charge on any atom is -0.334 e. The minimum absolute atomic E-state index is 0.0804. The van der Waals surface area contributed by atoms with Gasteiger partial charge in [0.25, 0.3) is 5.91 Å². The van der Waals surface area contributed by atoms with Crippen LogP contribution in [-0.2, 0) is 6.54 Å². The lowest BCUT2D eigenvalue weighted by Crippen LogP contribution is -2.38. The van der Waals surface area contributed by atoms with E-state index >= 15 is 0 Å². The van der Waals surface area contributed by atoms with E-state index in [1.54, 1.807) is 6.20 Å². The van der Waals surface area contributed by atoms with Crippen LogP contribution < -0.4 is 0 Å². The Labute approximate surface area is 153 Å². The van der Waals surface area contributed by atoms with Crippen molar-refractivity contribution < 1.29 is 4.79 Å². The van der Waals surface area contributed by atoms with Gasteiger partial charge in [0.2, 0.25) is 0 Å². The molecule has 1 aliphatic rings. The van der Waals surface area contributed by atoms with Gasteiger partial charge in [-0.3, -0.25) is 9.48 Å². The third-order valence-electron chi connectivity index (χ3n) is 5.10. The quantitative estimate of drug-likeness (QED) is 0.728. The molecule has 0 aliphatic carbocycles. The number of carbonyl (C=O) groups is 1. The molecular formula is C20H23N5O. The SMILES string of the molecule is Cc1nn(-c2ccccc2)c(C)c1C(=O)N1CCC[C@@H]1Cn1cccn1. The summed E-state index contributed by atoms with van der Waals surface area (Å²) in [6.45, 7) is 5.42. The van der Waals surface area contributed by atoms with Crippen LogP contribution in [-0.4, -0.2) is 43.0 Å². The summed E-state index contributed by atoms with van der Waals surface area (Å²) in [5.74, 6) is 0.0804. The second kappa shape index (κ2) is 6.78. The third-order valence-corrected chi connectivity index (χ3v) is 5.10. The molecule has 3 aromatic rings. The Hall–Kier alpha value is -2.89. The smallest absolute Gasteiger partial charge is 0.257 e. The normalized spacial score (nSPS) is 17.0. The first kappa shape index (κ1) is 16.6. The Morgan fingerprint density at radius 3 is 2.73 bits per heavy atom. The van der Waals surface area contributed by atoms with Crippen LogP contribution in [0.1, 0.15) is 34.6 Å². The molecule has 0 spiro atoms. The molecule has 0 saturated carbocycles. The third kappa shape index (κ3) is 2.92. The molecule has 2 aromatic heterocycles. The zero-order valence-corrected chi connectivity index (χ0v) is 15.2. The Kier molecular flexibility index (Phi) is 4.32. The number of aryl methyl sites for hydroxylation is 1. The maximum atomic E-state index is 13.3. The summed E-state index contributed by atoms with van der Waals surface area (Å²) in [5, 5.41) is 8.91. The van der Waals surface area contributed by atoms with Gasteiger partial charge in [0.05, 0.1) is 35.2 Å². The van der Waals surface area contributed by atoms with Crippen molar-refractivity contribution in [3.8, 4) is 5.69 Å². The summed E-state index contributed by atoms with van der Waals surface area (Å²) in [5.41, 5.74) is 3.37. The average Bonchev–Trinajstić information content (AvgIpc) is 3.37. The Morgan fingerprint density at radius 1 is 1.19 bits per heavy atom. The number of aromatic nitrogens is 4. The summed E-state index contributed by atoms with van der Waals surface area (Å²) < 4.78 is 3.77. The summed E-state index contributed by atoms with van der Waals surface area (Å²) in [6.07, 6.45) is 5.77. The first-order valence-electron chi connectivity index (χ1n) is 9.05. The number of carbonyl (C=O) groups excluding carboxylic acids is 1. The molecule has 1 fully saturated rings. The monoisotopic (exact) mass is 349 g/mol. The lowest BCUT2D eigenvalue weighted by atomic mass is 10.1. The van der Waals surface area contributed by atoms with Crippen LogP contribution in [0.2, 0.25) is 0 Å². The molecule has 1 aliphatic heterocycles. The van der Waals surface area contributed by atoms with Gasteiger partial charge in [0, 0.05) is 18.9 Å². The summed E-state index contributed by atoms with van der Waals surface area (Å²) in [4.78, 5) is 15.3. The van der Waals surface area contributed by atoms with E-state index in [9.17, 15) is 4.79 Å². The fraction of sp³-hybridized carbons (Fsp3) is 0.350. The number of nitrogens with zero attached hydrogens (tertiary/aromatic N) is 5. The van der Waals surface area contributed by atoms with Crippen LogP contribution in [0, 0.1) is 13.8 Å². The van der Waals surface area contributed by atoms with E-state index in [0.29, 0.717) is 0 Å². The number of likely N-dealkylation sites (tertiary alicyclic amines) is 1. The lowest BCUT2D eigenvalue weighted by Gasteiger charge is -2.25. The highest BCUT2D eigenvalue weighted by molar-refractivity contribution is 5.97. The molecule has 0 N–H and O–H groups in total. The van der Waals surface area contributed by atoms with Crippen molar-refractivity contribution in [3.63, 3.8) is 0 Å². The van der Waals surface area contributed by atoms with Gasteiger partial charge >= 0.3 is 0 Å². The van der Waals surface area contributed by atoms with Crippen molar-refractivity contribution in [1.82, 2.24) is 24.5 Å². The van der Waals surface area contributed by atoms with E-state index in [1.807, 2.05) is 70.7 Å². The van der Waals surface area contributed by atoms with Gasteiger partial charge in [0.15, 0.2) is 0 Å². The van der Waals surface area contributed by atoms with Crippen molar-refractivity contribution in [2.24, 2.45) is 0 Å². The average molecular weight is 349 g/mol. The fourth-order valence-electron chi connectivity index (χ4n) is 3.83. The first-order valence-corrected chi connectivity index (χ1v) is 9.05. The standard InChI is InChI=1S/C20H23N5O/c1-15-19(16(2)25(22-15)17-8-4-3-5-9-17)20(26)24-13-6-10-18(24)14-23-12-7-11-21-23/h3-5,7-9,11-12,18H,6,10,13-14H2,1-2H3/t18-/m1/s1. The zero-order chi connectivity index (χ0) is 18.1. The van der Waals surface area contributed by atoms with E-state index in [1.165, 1.54) is 0 Å². The van der Waals surface area contributed by atoms with E-state index in [-0.39, 0.29) is 11.9 Å². The van der Waals surface area contributed by atoms with Crippen LogP contribution in [0.4, 0.5) is 0 Å². The number of hydrogen-bond donors (Lipinski definition) is 0. The Bertz CT molecular complexity index is 898. The highest BCUT2D eigenvalue weighted by Crippen LogP contribution is 2.25. The van der Waals surface area contributed by atoms with Crippen molar-refractivity contribution in [1.29, 1.82) is 0 Å². The van der Waals surface area contributed by atoms with Gasteiger partial charge in [-0.05, 0) is 44.9 Å². The molecule has 0 bridgehead atoms. The van der Waals surface area contributed by atoms with Crippen LogP contribution in [0.15, 0.2) is 48.8 Å². The summed E-state index contributed by atoms with van der Waals surface area (Å²) in [7, 11) is 0. The zero-order valence-electron chi connectivity index (χ0n) is 15.2. The van der Waals surface area contributed by atoms with Crippen LogP contribution in [0.3, 0.4) is 0 Å². The molecule has 1 atom stereocenters. The summed E-state index contributed by atoms with van der Waals surface area (Å²) in [6, 6.07) is 12.0. The molecule has 1 saturated heterocycles. The maximum absolute atomic E-state index is 13.3. The van der Waals surface area contributed by atoms with Gasteiger partial charge < -0.3 is 4.90 Å². The highest BCUT2D eigenvalue weighted by atomic mass is 16.2. The molecule has 3 heterocycles. The van der Waals surface area contributed by atoms with Gasteiger partial charge in [-0.15, -0.1) is 0 Å². The fourth-order valence-corrected chi connectivity index (χ4v) is 3.83. The topological polar surface area (TPSA) is 56.0 Å².